The van der Waals surface area contributed by atoms with Gasteiger partial charge in [0, 0.05) is 11.9 Å². The Balaban J connectivity index is 2.32. The van der Waals surface area contributed by atoms with E-state index in [2.05, 4.69) is 9.97 Å². The van der Waals surface area contributed by atoms with Crippen molar-refractivity contribution in [3.63, 3.8) is 0 Å². The maximum atomic E-state index is 6.10. The molecule has 2 aromatic heterocycles. The molecule has 1 aromatic carbocycles. The number of hydrogen-bond acceptors (Lipinski definition) is 2. The summed E-state index contributed by atoms with van der Waals surface area (Å²) in [6.07, 6.45) is 1.90. The molecule has 5 heteroatoms. The van der Waals surface area contributed by atoms with Gasteiger partial charge in [-0.25, -0.2) is 9.97 Å². The zero-order valence-corrected chi connectivity index (χ0v) is 10.2. The van der Waals surface area contributed by atoms with Crippen LogP contribution in [0.3, 0.4) is 0 Å². The third-order valence-electron chi connectivity index (χ3n) is 2.50. The van der Waals surface area contributed by atoms with E-state index in [0.717, 1.165) is 16.7 Å². The summed E-state index contributed by atoms with van der Waals surface area (Å²) in [5.41, 5.74) is 2.51. The minimum Gasteiger partial charge on any atom is -0.313 e. The molecule has 2 heterocycles. The first-order valence-corrected chi connectivity index (χ1v) is 5.77. The Bertz CT molecular complexity index is 677. The van der Waals surface area contributed by atoms with Crippen LogP contribution in [0.5, 0.6) is 0 Å². The van der Waals surface area contributed by atoms with Crippen LogP contribution in [0, 0.1) is 0 Å². The molecule has 0 aliphatic rings. The van der Waals surface area contributed by atoms with Gasteiger partial charge in [-0.1, -0.05) is 29.8 Å². The molecule has 0 spiro atoms. The van der Waals surface area contributed by atoms with Crippen molar-refractivity contribution in [3.05, 3.63) is 53.0 Å². The zero-order chi connectivity index (χ0) is 11.8. The van der Waals surface area contributed by atoms with Crippen LogP contribution < -0.4 is 0 Å². The summed E-state index contributed by atoms with van der Waals surface area (Å²) in [5.74, 6) is 0. The van der Waals surface area contributed by atoms with E-state index in [9.17, 15) is 0 Å². The van der Waals surface area contributed by atoms with E-state index in [0.29, 0.717) is 5.15 Å². The topological polar surface area (TPSA) is 30.7 Å². The number of halogens is 2. The molecule has 0 fully saturated rings. The summed E-state index contributed by atoms with van der Waals surface area (Å²) < 4.78 is 1.94. The second-order valence-corrected chi connectivity index (χ2v) is 4.23. The Labute approximate surface area is 108 Å². The predicted octanol–water partition coefficient (Wildman–Crippen LogP) is 3.73. The predicted molar refractivity (Wildman–Crippen MR) is 68.9 cm³/mol. The minimum absolute atomic E-state index is 0.160. The lowest BCUT2D eigenvalue weighted by molar-refractivity contribution is 1.11. The van der Waals surface area contributed by atoms with Gasteiger partial charge >= 0.3 is 0 Å². The minimum atomic E-state index is 0.160. The Hall–Kier alpha value is -1.58. The molecule has 0 aliphatic carbocycles. The molecule has 3 rings (SSSR count). The van der Waals surface area contributed by atoms with Crippen molar-refractivity contribution in [2.45, 2.75) is 0 Å². The van der Waals surface area contributed by atoms with E-state index in [1.807, 2.05) is 47.2 Å². The fraction of sp³-hybridized carbons (Fsp3) is 0. The Kier molecular flexibility index (Phi) is 2.50. The van der Waals surface area contributed by atoms with Crippen LogP contribution in [0.15, 0.2) is 42.6 Å². The number of fused-ring (bicyclic) bond motifs is 1. The molecule has 3 aromatic rings. The number of para-hydroxylation sites is 1. The highest BCUT2D eigenvalue weighted by Gasteiger charge is 2.10. The number of nitrogens with zero attached hydrogens (tertiary/aromatic N) is 3. The number of hydrogen-bond donors (Lipinski definition) is 0. The van der Waals surface area contributed by atoms with Crippen LogP contribution in [0.1, 0.15) is 0 Å². The monoisotopic (exact) mass is 263 g/mol. The van der Waals surface area contributed by atoms with E-state index in [1.54, 1.807) is 0 Å². The number of aromatic nitrogens is 3. The number of rotatable bonds is 1. The molecule has 0 saturated heterocycles. The van der Waals surface area contributed by atoms with E-state index >= 15 is 0 Å². The van der Waals surface area contributed by atoms with Crippen molar-refractivity contribution >= 4 is 34.2 Å². The van der Waals surface area contributed by atoms with Crippen molar-refractivity contribution < 1.29 is 0 Å². The third-order valence-corrected chi connectivity index (χ3v) is 2.93. The van der Waals surface area contributed by atoms with Gasteiger partial charge in [-0.15, -0.1) is 0 Å². The summed E-state index contributed by atoms with van der Waals surface area (Å²) in [6.45, 7) is 0. The average molecular weight is 264 g/mol. The molecular formula is C12H7Cl2N3. The summed E-state index contributed by atoms with van der Waals surface area (Å²) >= 11 is 11.9. The first-order chi connectivity index (χ1) is 8.25. The van der Waals surface area contributed by atoms with Crippen molar-refractivity contribution in [1.82, 2.24) is 14.5 Å². The smallest absolute Gasteiger partial charge is 0.224 e. The summed E-state index contributed by atoms with van der Waals surface area (Å²) in [4.78, 5) is 8.09. The van der Waals surface area contributed by atoms with Gasteiger partial charge in [-0.2, -0.15) is 0 Å². The Morgan fingerprint density at radius 3 is 2.47 bits per heavy atom. The normalized spacial score (nSPS) is 10.9. The van der Waals surface area contributed by atoms with Gasteiger partial charge in [0.15, 0.2) is 5.15 Å². The van der Waals surface area contributed by atoms with E-state index in [1.165, 1.54) is 0 Å². The van der Waals surface area contributed by atoms with Gasteiger partial charge in [-0.05, 0) is 29.8 Å². The third kappa shape index (κ3) is 1.77. The van der Waals surface area contributed by atoms with Crippen molar-refractivity contribution in [1.29, 1.82) is 0 Å². The fourth-order valence-corrected chi connectivity index (χ4v) is 2.27. The average Bonchev–Trinajstić information content (AvgIpc) is 2.74. The van der Waals surface area contributed by atoms with Gasteiger partial charge in [0.2, 0.25) is 5.28 Å². The quantitative estimate of drug-likeness (QED) is 0.495. The largest absolute Gasteiger partial charge is 0.313 e. The first-order valence-electron chi connectivity index (χ1n) is 5.01. The summed E-state index contributed by atoms with van der Waals surface area (Å²) in [7, 11) is 0. The van der Waals surface area contributed by atoms with Gasteiger partial charge in [0.25, 0.3) is 0 Å². The maximum absolute atomic E-state index is 6.10. The standard InChI is InChI=1S/C12H7Cl2N3/c13-11-10-9(15-12(14)16-11)6-7-17(10)8-4-2-1-3-5-8/h1-7H. The van der Waals surface area contributed by atoms with Crippen molar-refractivity contribution in [3.8, 4) is 5.69 Å². The molecule has 17 heavy (non-hydrogen) atoms. The molecule has 84 valence electrons. The highest BCUT2D eigenvalue weighted by Crippen LogP contribution is 2.25. The van der Waals surface area contributed by atoms with Crippen molar-refractivity contribution in [2.75, 3.05) is 0 Å². The van der Waals surface area contributed by atoms with E-state index < -0.39 is 0 Å². The second-order valence-electron chi connectivity index (χ2n) is 3.54. The molecule has 0 amide bonds. The van der Waals surface area contributed by atoms with Gasteiger partial charge in [-0.3, -0.25) is 0 Å². The first kappa shape index (κ1) is 10.6. The highest BCUT2D eigenvalue weighted by atomic mass is 35.5. The van der Waals surface area contributed by atoms with Crippen LogP contribution in [0.25, 0.3) is 16.7 Å². The Morgan fingerprint density at radius 2 is 1.71 bits per heavy atom. The van der Waals surface area contributed by atoms with Crippen LogP contribution in [0.2, 0.25) is 10.4 Å². The molecule has 0 radical (unpaired) electrons. The SMILES string of the molecule is Clc1nc(Cl)c2c(ccn2-c2ccccc2)n1. The van der Waals surface area contributed by atoms with Crippen molar-refractivity contribution in [2.24, 2.45) is 0 Å². The molecule has 0 aliphatic heterocycles. The maximum Gasteiger partial charge on any atom is 0.224 e. The number of benzene rings is 1. The lowest BCUT2D eigenvalue weighted by Gasteiger charge is -2.05. The van der Waals surface area contributed by atoms with E-state index in [-0.39, 0.29) is 5.28 Å². The molecule has 0 saturated carbocycles. The lowest BCUT2D eigenvalue weighted by atomic mass is 10.3. The molecular weight excluding hydrogens is 257 g/mol. The molecule has 3 nitrogen and oxygen atoms in total. The van der Waals surface area contributed by atoms with Crippen LogP contribution >= 0.6 is 23.2 Å². The second kappa shape index (κ2) is 4.02. The fourth-order valence-electron chi connectivity index (χ4n) is 1.78. The summed E-state index contributed by atoms with van der Waals surface area (Å²) in [6, 6.07) is 11.7. The van der Waals surface area contributed by atoms with Crippen LogP contribution in [-0.4, -0.2) is 14.5 Å². The zero-order valence-electron chi connectivity index (χ0n) is 8.64. The molecule has 0 bridgehead atoms. The van der Waals surface area contributed by atoms with Crippen LogP contribution in [-0.2, 0) is 0 Å². The van der Waals surface area contributed by atoms with Gasteiger partial charge in [0.1, 0.15) is 5.52 Å². The lowest BCUT2D eigenvalue weighted by Crippen LogP contribution is -1.94. The molecule has 0 N–H and O–H groups in total. The van der Waals surface area contributed by atoms with Gasteiger partial charge < -0.3 is 4.57 Å². The van der Waals surface area contributed by atoms with E-state index in [4.69, 9.17) is 23.2 Å². The highest BCUT2D eigenvalue weighted by molar-refractivity contribution is 6.35. The Morgan fingerprint density at radius 1 is 0.941 bits per heavy atom. The van der Waals surface area contributed by atoms with Gasteiger partial charge in [0.05, 0.1) is 5.52 Å². The molecule has 0 unspecified atom stereocenters. The molecule has 0 atom stereocenters. The summed E-state index contributed by atoms with van der Waals surface area (Å²) in [5, 5.41) is 0.516. The van der Waals surface area contributed by atoms with Crippen LogP contribution in [0.4, 0.5) is 0 Å².